The topological polar surface area (TPSA) is 78.5 Å². The minimum atomic E-state index is -3.57. The van der Waals surface area contributed by atoms with Crippen LogP contribution in [0.3, 0.4) is 0 Å². The lowest BCUT2D eigenvalue weighted by Crippen LogP contribution is -2.36. The lowest BCUT2D eigenvalue weighted by molar-refractivity contribution is -0.116. The molecule has 6 nitrogen and oxygen atoms in total. The zero-order valence-corrected chi connectivity index (χ0v) is 16.3. The molecule has 1 aromatic rings. The van der Waals surface area contributed by atoms with E-state index in [1.165, 1.54) is 45.4 Å². The summed E-state index contributed by atoms with van der Waals surface area (Å²) >= 11 is 0. The number of nitrogens with one attached hydrogen (secondary N) is 2. The van der Waals surface area contributed by atoms with Gasteiger partial charge in [0, 0.05) is 38.3 Å². The summed E-state index contributed by atoms with van der Waals surface area (Å²) < 4.78 is 27.8. The van der Waals surface area contributed by atoms with Gasteiger partial charge in [0.2, 0.25) is 15.9 Å². The number of hydrogen-bond donors (Lipinski definition) is 2. The first kappa shape index (κ1) is 19.3. The first-order chi connectivity index (χ1) is 12.5. The van der Waals surface area contributed by atoms with Crippen molar-refractivity contribution in [3.8, 4) is 0 Å². The van der Waals surface area contributed by atoms with E-state index in [2.05, 4.69) is 10.0 Å². The fraction of sp³-hybridized carbons (Fsp3) is 0.632. The van der Waals surface area contributed by atoms with Gasteiger partial charge < -0.3 is 10.2 Å². The normalized spacial score (nSPS) is 18.6. The Morgan fingerprint density at radius 3 is 2.58 bits per heavy atom. The highest BCUT2D eigenvalue weighted by molar-refractivity contribution is 7.89. The summed E-state index contributed by atoms with van der Waals surface area (Å²) in [5.41, 5.74) is 1.74. The summed E-state index contributed by atoms with van der Waals surface area (Å²) in [5, 5.41) is 3.47. The summed E-state index contributed by atoms with van der Waals surface area (Å²) in [6.45, 7) is 3.13. The predicted molar refractivity (Wildman–Crippen MR) is 103 cm³/mol. The van der Waals surface area contributed by atoms with Crippen molar-refractivity contribution in [3.05, 3.63) is 23.8 Å². The standard InChI is InChI=1S/C19H29N3O3S/c1-15(23)22-13-10-16-8-9-18(14-19(16)22)26(24,25)21-12-11-20-17-6-4-2-3-5-7-17/h8-9,14,17,20-21H,2-7,10-13H2,1H3. The van der Waals surface area contributed by atoms with Gasteiger partial charge in [-0.2, -0.15) is 0 Å². The van der Waals surface area contributed by atoms with Crippen LogP contribution in [0.4, 0.5) is 5.69 Å². The molecule has 3 rings (SSSR count). The molecule has 144 valence electrons. The van der Waals surface area contributed by atoms with Crippen LogP contribution in [0.1, 0.15) is 51.0 Å². The van der Waals surface area contributed by atoms with Crippen LogP contribution in [0.15, 0.2) is 23.1 Å². The highest BCUT2D eigenvalue weighted by atomic mass is 32.2. The third-order valence-electron chi connectivity index (χ3n) is 5.35. The number of fused-ring (bicyclic) bond motifs is 1. The molecule has 0 spiro atoms. The summed E-state index contributed by atoms with van der Waals surface area (Å²) in [6, 6.07) is 5.57. The quantitative estimate of drug-likeness (QED) is 0.587. The number of hydrogen-bond acceptors (Lipinski definition) is 4. The molecule has 1 aliphatic heterocycles. The van der Waals surface area contributed by atoms with E-state index in [0.29, 0.717) is 25.7 Å². The molecule has 2 aliphatic rings. The number of rotatable bonds is 6. The monoisotopic (exact) mass is 379 g/mol. The Kier molecular flexibility index (Phi) is 6.32. The Hall–Kier alpha value is -1.44. The van der Waals surface area contributed by atoms with E-state index in [9.17, 15) is 13.2 Å². The van der Waals surface area contributed by atoms with Crippen LogP contribution < -0.4 is 14.9 Å². The van der Waals surface area contributed by atoms with Crippen LogP contribution in [0.2, 0.25) is 0 Å². The molecule has 0 aromatic heterocycles. The summed E-state index contributed by atoms with van der Waals surface area (Å²) in [6.07, 6.45) is 8.25. The van der Waals surface area contributed by atoms with Gasteiger partial charge in [-0.25, -0.2) is 13.1 Å². The molecule has 7 heteroatoms. The Morgan fingerprint density at radius 1 is 1.15 bits per heavy atom. The number of benzene rings is 1. The highest BCUT2D eigenvalue weighted by Crippen LogP contribution is 2.30. The van der Waals surface area contributed by atoms with Crippen LogP contribution in [-0.4, -0.2) is 40.0 Å². The van der Waals surface area contributed by atoms with Gasteiger partial charge in [0.25, 0.3) is 0 Å². The van der Waals surface area contributed by atoms with Crippen molar-refractivity contribution in [1.29, 1.82) is 0 Å². The molecule has 1 fully saturated rings. The summed E-state index contributed by atoms with van der Waals surface area (Å²) in [7, 11) is -3.57. The molecule has 0 radical (unpaired) electrons. The molecule has 0 saturated heterocycles. The second kappa shape index (κ2) is 8.50. The van der Waals surface area contributed by atoms with Gasteiger partial charge in [0.05, 0.1) is 4.90 Å². The van der Waals surface area contributed by atoms with Crippen molar-refractivity contribution in [3.63, 3.8) is 0 Å². The minimum Gasteiger partial charge on any atom is -0.313 e. The zero-order chi connectivity index (χ0) is 18.6. The maximum absolute atomic E-state index is 12.6. The van der Waals surface area contributed by atoms with E-state index in [-0.39, 0.29) is 10.8 Å². The van der Waals surface area contributed by atoms with E-state index >= 15 is 0 Å². The average Bonchev–Trinajstić information content (AvgIpc) is 2.87. The SMILES string of the molecule is CC(=O)N1CCc2ccc(S(=O)(=O)NCCNC3CCCCCC3)cc21. The number of sulfonamides is 1. The van der Waals surface area contributed by atoms with Crippen LogP contribution in [0, 0.1) is 0 Å². The Labute approximate surface area is 156 Å². The molecule has 1 aromatic carbocycles. The second-order valence-corrected chi connectivity index (χ2v) is 9.02. The molecule has 2 N–H and O–H groups in total. The van der Waals surface area contributed by atoms with E-state index in [0.717, 1.165) is 17.7 Å². The van der Waals surface area contributed by atoms with Gasteiger partial charge in [-0.3, -0.25) is 4.79 Å². The summed E-state index contributed by atoms with van der Waals surface area (Å²) in [5.74, 6) is -0.0566. The van der Waals surface area contributed by atoms with Gasteiger partial charge >= 0.3 is 0 Å². The zero-order valence-electron chi connectivity index (χ0n) is 15.5. The van der Waals surface area contributed by atoms with E-state index < -0.39 is 10.0 Å². The lowest BCUT2D eigenvalue weighted by Gasteiger charge is -2.17. The number of anilines is 1. The van der Waals surface area contributed by atoms with Crippen molar-refractivity contribution < 1.29 is 13.2 Å². The number of carbonyl (C=O) groups excluding carboxylic acids is 1. The van der Waals surface area contributed by atoms with Crippen molar-refractivity contribution in [1.82, 2.24) is 10.0 Å². The lowest BCUT2D eigenvalue weighted by atomic mass is 10.1. The molecular formula is C19H29N3O3S. The largest absolute Gasteiger partial charge is 0.313 e. The van der Waals surface area contributed by atoms with Crippen molar-refractivity contribution in [2.45, 2.75) is 62.8 Å². The predicted octanol–water partition coefficient (Wildman–Crippen LogP) is 2.19. The Bertz CT molecular complexity index is 740. The first-order valence-electron chi connectivity index (χ1n) is 9.61. The number of amides is 1. The van der Waals surface area contributed by atoms with Gasteiger partial charge in [-0.1, -0.05) is 31.7 Å². The molecule has 26 heavy (non-hydrogen) atoms. The maximum Gasteiger partial charge on any atom is 0.240 e. The minimum absolute atomic E-state index is 0.0566. The van der Waals surface area contributed by atoms with E-state index in [1.807, 2.05) is 6.07 Å². The third kappa shape index (κ3) is 4.64. The third-order valence-corrected chi connectivity index (χ3v) is 6.81. The van der Waals surface area contributed by atoms with Crippen molar-refractivity contribution >= 4 is 21.6 Å². The number of nitrogens with zero attached hydrogens (tertiary/aromatic N) is 1. The molecule has 0 unspecified atom stereocenters. The molecular weight excluding hydrogens is 350 g/mol. The van der Waals surface area contributed by atoms with Gasteiger partial charge in [0.15, 0.2) is 0 Å². The number of carbonyl (C=O) groups is 1. The highest BCUT2D eigenvalue weighted by Gasteiger charge is 2.25. The first-order valence-corrected chi connectivity index (χ1v) is 11.1. The molecule has 1 saturated carbocycles. The fourth-order valence-electron chi connectivity index (χ4n) is 3.88. The Balaban J connectivity index is 1.56. The average molecular weight is 380 g/mol. The van der Waals surface area contributed by atoms with Gasteiger partial charge in [-0.15, -0.1) is 0 Å². The molecule has 1 amide bonds. The van der Waals surface area contributed by atoms with Crippen LogP contribution in [0.25, 0.3) is 0 Å². The van der Waals surface area contributed by atoms with Crippen LogP contribution >= 0.6 is 0 Å². The van der Waals surface area contributed by atoms with Gasteiger partial charge in [0.1, 0.15) is 0 Å². The molecule has 0 bridgehead atoms. The van der Waals surface area contributed by atoms with Crippen LogP contribution in [0.5, 0.6) is 0 Å². The molecule has 1 heterocycles. The molecule has 0 atom stereocenters. The fourth-order valence-corrected chi connectivity index (χ4v) is 4.93. The van der Waals surface area contributed by atoms with Gasteiger partial charge in [-0.05, 0) is 37.0 Å². The van der Waals surface area contributed by atoms with Crippen molar-refractivity contribution in [2.75, 3.05) is 24.5 Å². The maximum atomic E-state index is 12.6. The van der Waals surface area contributed by atoms with E-state index in [1.54, 1.807) is 17.0 Å². The van der Waals surface area contributed by atoms with E-state index in [4.69, 9.17) is 0 Å². The van der Waals surface area contributed by atoms with Crippen molar-refractivity contribution in [2.24, 2.45) is 0 Å². The molecule has 1 aliphatic carbocycles. The summed E-state index contributed by atoms with van der Waals surface area (Å²) in [4.78, 5) is 13.6. The second-order valence-electron chi connectivity index (χ2n) is 7.25. The van der Waals surface area contributed by atoms with Crippen LogP contribution in [-0.2, 0) is 21.2 Å². The Morgan fingerprint density at radius 2 is 1.88 bits per heavy atom. The smallest absolute Gasteiger partial charge is 0.240 e.